The Morgan fingerprint density at radius 3 is 2.46 bits per heavy atom. The van der Waals surface area contributed by atoms with Crippen molar-refractivity contribution in [3.05, 3.63) is 61.7 Å². The van der Waals surface area contributed by atoms with Crippen molar-refractivity contribution in [1.82, 2.24) is 0 Å². The van der Waals surface area contributed by atoms with E-state index in [0.717, 1.165) is 17.7 Å². The van der Waals surface area contributed by atoms with Crippen molar-refractivity contribution in [3.63, 3.8) is 0 Å². The van der Waals surface area contributed by atoms with Gasteiger partial charge in [-0.15, -0.1) is 5.11 Å². The van der Waals surface area contributed by atoms with E-state index in [2.05, 4.69) is 73.9 Å². The average Bonchev–Trinajstić information content (AvgIpc) is 2.66. The van der Waals surface area contributed by atoms with Gasteiger partial charge in [0.15, 0.2) is 5.84 Å². The summed E-state index contributed by atoms with van der Waals surface area (Å²) in [5.41, 5.74) is 4.57. The molecule has 0 amide bonds. The topological polar surface area (TPSA) is 66.5 Å². The molecule has 2 aromatic rings. The van der Waals surface area contributed by atoms with Crippen LogP contribution in [0.4, 0.5) is 0 Å². The molecule has 28 heavy (non-hydrogen) atoms. The van der Waals surface area contributed by atoms with E-state index in [1.54, 1.807) is 25.4 Å². The Balaban J connectivity index is 2.17. The molecule has 5 nitrogen and oxygen atoms in total. The van der Waals surface area contributed by atoms with E-state index < -0.39 is 0 Å². The summed E-state index contributed by atoms with van der Waals surface area (Å²) in [5.74, 6) is 1.48. The zero-order valence-electron chi connectivity index (χ0n) is 16.3. The normalized spacial score (nSPS) is 12.3. The maximum Gasteiger partial charge on any atom is 0.188 e. The molecular formula is C21H23Br2N3O2. The van der Waals surface area contributed by atoms with Crippen LogP contribution < -0.4 is 4.74 Å². The Morgan fingerprint density at radius 2 is 1.86 bits per heavy atom. The summed E-state index contributed by atoms with van der Waals surface area (Å²) in [6.07, 6.45) is 4.35. The summed E-state index contributed by atoms with van der Waals surface area (Å²) in [6, 6.07) is 7.64. The fourth-order valence-electron chi connectivity index (χ4n) is 2.66. The van der Waals surface area contributed by atoms with E-state index >= 15 is 0 Å². The van der Waals surface area contributed by atoms with Crippen molar-refractivity contribution >= 4 is 43.8 Å². The molecule has 2 rings (SSSR count). The second-order valence-electron chi connectivity index (χ2n) is 6.12. The van der Waals surface area contributed by atoms with Gasteiger partial charge in [0.05, 0.1) is 8.95 Å². The summed E-state index contributed by atoms with van der Waals surface area (Å²) in [5, 5.41) is 17.7. The van der Waals surface area contributed by atoms with Gasteiger partial charge in [-0.3, -0.25) is 0 Å². The molecule has 0 radical (unpaired) electrons. The van der Waals surface area contributed by atoms with Crippen LogP contribution in [0.25, 0.3) is 6.08 Å². The Bertz CT molecular complexity index is 914. The first-order valence-corrected chi connectivity index (χ1v) is 10.4. The number of phenolic OH excluding ortho intramolecular Hbond substituents is 1. The number of rotatable bonds is 6. The molecule has 2 aromatic carbocycles. The number of aromatic hydroxyl groups is 1. The number of aliphatic imine (C=N–C) groups is 1. The number of amidine groups is 1. The molecule has 0 fully saturated rings. The van der Waals surface area contributed by atoms with Crippen LogP contribution in [-0.4, -0.2) is 24.6 Å². The number of nitrogens with zero attached hydrogens (tertiary/aromatic N) is 3. The van der Waals surface area contributed by atoms with Gasteiger partial charge in [-0.1, -0.05) is 13.0 Å². The minimum Gasteiger partial charge on any atom is -0.506 e. The van der Waals surface area contributed by atoms with Crippen LogP contribution >= 0.6 is 31.9 Å². The van der Waals surface area contributed by atoms with Crippen LogP contribution in [0.3, 0.4) is 0 Å². The molecule has 7 heteroatoms. The zero-order valence-corrected chi connectivity index (χ0v) is 19.5. The van der Waals surface area contributed by atoms with Gasteiger partial charge in [0.2, 0.25) is 0 Å². The van der Waals surface area contributed by atoms with Gasteiger partial charge in [-0.25, -0.2) is 4.99 Å². The molecule has 148 valence electrons. The van der Waals surface area contributed by atoms with Crippen molar-refractivity contribution in [2.45, 2.75) is 27.2 Å². The fraction of sp³-hybridized carbons (Fsp3) is 0.286. The smallest absolute Gasteiger partial charge is 0.188 e. The van der Waals surface area contributed by atoms with Gasteiger partial charge in [0.1, 0.15) is 18.1 Å². The number of hydrogen-bond acceptors (Lipinski definition) is 4. The predicted octanol–water partition coefficient (Wildman–Crippen LogP) is 6.63. The Morgan fingerprint density at radius 1 is 1.18 bits per heavy atom. The first-order valence-electron chi connectivity index (χ1n) is 8.80. The number of azo groups is 1. The SMILES string of the molecule is CCc1c(OCC(N=NC)=N/C=C/c2cc(Br)c(O)c(Br)c2)ccc(C)c1C. The molecule has 0 bridgehead atoms. The minimum atomic E-state index is 0.162. The van der Waals surface area contributed by atoms with Crippen LogP contribution in [0.15, 0.2) is 54.6 Å². The maximum atomic E-state index is 9.78. The highest BCUT2D eigenvalue weighted by Gasteiger charge is 2.09. The highest BCUT2D eigenvalue weighted by Crippen LogP contribution is 2.33. The summed E-state index contributed by atoms with van der Waals surface area (Å²) in [4.78, 5) is 4.36. The first-order chi connectivity index (χ1) is 13.4. The van der Waals surface area contributed by atoms with Crippen LogP contribution in [0.5, 0.6) is 11.5 Å². The van der Waals surface area contributed by atoms with Crippen molar-refractivity contribution in [2.75, 3.05) is 13.7 Å². The third-order valence-electron chi connectivity index (χ3n) is 4.28. The average molecular weight is 509 g/mol. The Hall–Kier alpha value is -1.99. The van der Waals surface area contributed by atoms with E-state index in [0.29, 0.717) is 14.8 Å². The number of benzene rings is 2. The van der Waals surface area contributed by atoms with Crippen LogP contribution in [0.2, 0.25) is 0 Å². The van der Waals surface area contributed by atoms with E-state index in [1.165, 1.54) is 16.7 Å². The molecule has 0 atom stereocenters. The predicted molar refractivity (Wildman–Crippen MR) is 122 cm³/mol. The number of phenols is 1. The van der Waals surface area contributed by atoms with Gasteiger partial charge in [0.25, 0.3) is 0 Å². The molecular weight excluding hydrogens is 486 g/mol. The standard InChI is InChI=1S/C21H23Br2N3O2/c1-5-16-14(3)13(2)6-7-19(16)28-12-20(26-24-4)25-9-8-15-10-17(22)21(27)18(23)11-15/h6-11,27H,5,12H2,1-4H3/b9-8+,25-20?,26-24?. The molecule has 0 aromatic heterocycles. The molecule has 1 N–H and O–H groups in total. The van der Waals surface area contributed by atoms with Crippen molar-refractivity contribution in [2.24, 2.45) is 15.2 Å². The molecule has 0 heterocycles. The second-order valence-corrected chi connectivity index (χ2v) is 7.83. The van der Waals surface area contributed by atoms with Gasteiger partial charge in [0, 0.05) is 13.2 Å². The number of aryl methyl sites for hydroxylation is 1. The maximum absolute atomic E-state index is 9.78. The third kappa shape index (κ3) is 5.75. The Labute approximate surface area is 182 Å². The van der Waals surface area contributed by atoms with Crippen molar-refractivity contribution < 1.29 is 9.84 Å². The van der Waals surface area contributed by atoms with Gasteiger partial charge >= 0.3 is 0 Å². The first kappa shape index (κ1) is 22.3. The molecule has 0 aliphatic heterocycles. The summed E-state index contributed by atoms with van der Waals surface area (Å²) >= 11 is 6.63. The number of halogens is 2. The zero-order chi connectivity index (χ0) is 20.7. The number of hydrogen-bond donors (Lipinski definition) is 1. The summed E-state index contributed by atoms with van der Waals surface area (Å²) < 4.78 is 7.17. The van der Waals surface area contributed by atoms with E-state index in [-0.39, 0.29) is 12.4 Å². The lowest BCUT2D eigenvalue weighted by Gasteiger charge is -2.14. The highest BCUT2D eigenvalue weighted by molar-refractivity contribution is 9.11. The fourth-order valence-corrected chi connectivity index (χ4v) is 3.89. The molecule has 0 saturated carbocycles. The van der Waals surface area contributed by atoms with E-state index in [9.17, 15) is 5.11 Å². The van der Waals surface area contributed by atoms with Gasteiger partial charge in [-0.05, 0) is 98.7 Å². The van der Waals surface area contributed by atoms with E-state index in [4.69, 9.17) is 4.74 Å². The van der Waals surface area contributed by atoms with Gasteiger partial charge in [-0.2, -0.15) is 5.11 Å². The number of ether oxygens (including phenoxy) is 1. The quantitative estimate of drug-likeness (QED) is 0.270. The molecule has 0 aliphatic carbocycles. The summed E-state index contributed by atoms with van der Waals surface area (Å²) in [7, 11) is 1.60. The molecule has 0 spiro atoms. The Kier molecular flexibility index (Phi) is 8.38. The van der Waals surface area contributed by atoms with E-state index in [1.807, 2.05) is 12.1 Å². The highest BCUT2D eigenvalue weighted by atomic mass is 79.9. The molecule has 0 saturated heterocycles. The van der Waals surface area contributed by atoms with Crippen molar-refractivity contribution in [3.8, 4) is 11.5 Å². The van der Waals surface area contributed by atoms with Crippen LogP contribution in [0.1, 0.15) is 29.2 Å². The van der Waals surface area contributed by atoms with Crippen LogP contribution in [0, 0.1) is 13.8 Å². The third-order valence-corrected chi connectivity index (χ3v) is 5.49. The lowest BCUT2D eigenvalue weighted by Crippen LogP contribution is -2.10. The minimum absolute atomic E-state index is 0.162. The molecule has 0 unspecified atom stereocenters. The van der Waals surface area contributed by atoms with Crippen LogP contribution in [-0.2, 0) is 6.42 Å². The summed E-state index contributed by atoms with van der Waals surface area (Å²) in [6.45, 7) is 6.55. The molecule has 0 aliphatic rings. The van der Waals surface area contributed by atoms with Gasteiger partial charge < -0.3 is 9.84 Å². The second kappa shape index (κ2) is 10.5. The lowest BCUT2D eigenvalue weighted by molar-refractivity contribution is 0.370. The monoisotopic (exact) mass is 507 g/mol. The lowest BCUT2D eigenvalue weighted by atomic mass is 10.0. The largest absolute Gasteiger partial charge is 0.506 e. The van der Waals surface area contributed by atoms with Crippen molar-refractivity contribution in [1.29, 1.82) is 0 Å².